The fourth-order valence-corrected chi connectivity index (χ4v) is 1.33. The first-order valence-corrected chi connectivity index (χ1v) is 5.55. The number of carbonyl (C=O) groups excluding carboxylic acids is 1. The Morgan fingerprint density at radius 2 is 2.06 bits per heavy atom. The molecule has 0 aliphatic heterocycles. The van der Waals surface area contributed by atoms with E-state index in [1.807, 2.05) is 0 Å². The highest BCUT2D eigenvalue weighted by Crippen LogP contribution is 2.22. The molecule has 1 aromatic carbocycles. The van der Waals surface area contributed by atoms with Crippen molar-refractivity contribution < 1.29 is 14.6 Å². The maximum absolute atomic E-state index is 11.4. The largest absolute Gasteiger partial charge is 0.507 e. The first-order chi connectivity index (χ1) is 7.78. The average molecular weight is 255 g/mol. The summed E-state index contributed by atoms with van der Waals surface area (Å²) in [7, 11) is 0. The van der Waals surface area contributed by atoms with Gasteiger partial charge in [0.2, 0.25) is 0 Å². The lowest BCUT2D eigenvalue weighted by Gasteiger charge is -2.17. The van der Waals surface area contributed by atoms with E-state index in [1.54, 1.807) is 32.9 Å². The SMILES string of the molecule is CC(C)(C)OC(=O)/C=C/c1cc(Cl)ccc1O. The topological polar surface area (TPSA) is 46.5 Å². The fourth-order valence-electron chi connectivity index (χ4n) is 1.15. The molecule has 1 N–H and O–H groups in total. The number of carbonyl (C=O) groups is 1. The van der Waals surface area contributed by atoms with Crippen LogP contribution in [-0.4, -0.2) is 16.7 Å². The molecule has 0 bridgehead atoms. The van der Waals surface area contributed by atoms with E-state index < -0.39 is 11.6 Å². The van der Waals surface area contributed by atoms with Gasteiger partial charge in [-0.25, -0.2) is 4.79 Å². The van der Waals surface area contributed by atoms with Gasteiger partial charge in [0.15, 0.2) is 0 Å². The van der Waals surface area contributed by atoms with Crippen molar-refractivity contribution in [2.24, 2.45) is 0 Å². The number of phenols is 1. The summed E-state index contributed by atoms with van der Waals surface area (Å²) < 4.78 is 5.09. The number of phenolic OH excluding ortho intramolecular Hbond substituents is 1. The molecule has 0 aromatic heterocycles. The number of halogens is 1. The second-order valence-electron chi connectivity index (χ2n) is 4.57. The molecule has 4 heteroatoms. The summed E-state index contributed by atoms with van der Waals surface area (Å²) in [6.45, 7) is 5.36. The van der Waals surface area contributed by atoms with Gasteiger partial charge < -0.3 is 9.84 Å². The van der Waals surface area contributed by atoms with Crippen LogP contribution in [0.2, 0.25) is 5.02 Å². The average Bonchev–Trinajstić information content (AvgIpc) is 2.17. The summed E-state index contributed by atoms with van der Waals surface area (Å²) in [6, 6.07) is 4.61. The summed E-state index contributed by atoms with van der Waals surface area (Å²) in [5.74, 6) is -0.397. The number of aromatic hydroxyl groups is 1. The zero-order valence-electron chi connectivity index (χ0n) is 10.0. The zero-order chi connectivity index (χ0) is 13.1. The Kier molecular flexibility index (Phi) is 4.18. The molecular weight excluding hydrogens is 240 g/mol. The lowest BCUT2D eigenvalue weighted by Crippen LogP contribution is -2.22. The highest BCUT2D eigenvalue weighted by atomic mass is 35.5. The van der Waals surface area contributed by atoms with Gasteiger partial charge >= 0.3 is 5.97 Å². The summed E-state index contributed by atoms with van der Waals surface area (Å²) in [6.07, 6.45) is 2.73. The van der Waals surface area contributed by atoms with E-state index in [-0.39, 0.29) is 5.75 Å². The Bertz CT molecular complexity index is 444. The summed E-state index contributed by atoms with van der Waals surface area (Å²) >= 11 is 5.78. The number of hydrogen-bond donors (Lipinski definition) is 1. The van der Waals surface area contributed by atoms with Crippen molar-refractivity contribution in [1.82, 2.24) is 0 Å². The molecule has 1 aromatic rings. The van der Waals surface area contributed by atoms with Crippen LogP contribution < -0.4 is 0 Å². The molecule has 0 spiro atoms. The minimum Gasteiger partial charge on any atom is -0.507 e. The second kappa shape index (κ2) is 5.23. The van der Waals surface area contributed by atoms with Crippen LogP contribution in [0.4, 0.5) is 0 Å². The monoisotopic (exact) mass is 254 g/mol. The van der Waals surface area contributed by atoms with Crippen molar-refractivity contribution in [3.8, 4) is 5.75 Å². The van der Waals surface area contributed by atoms with Gasteiger partial charge in [-0.3, -0.25) is 0 Å². The van der Waals surface area contributed by atoms with Gasteiger partial charge in [0.1, 0.15) is 11.4 Å². The molecule has 0 atom stereocenters. The minimum absolute atomic E-state index is 0.0641. The Labute approximate surface area is 106 Å². The van der Waals surface area contributed by atoms with Crippen LogP contribution in [0.3, 0.4) is 0 Å². The molecule has 0 unspecified atom stereocenters. The van der Waals surface area contributed by atoms with Crippen molar-refractivity contribution in [3.63, 3.8) is 0 Å². The highest BCUT2D eigenvalue weighted by Gasteiger charge is 2.13. The van der Waals surface area contributed by atoms with Crippen molar-refractivity contribution >= 4 is 23.6 Å². The van der Waals surface area contributed by atoms with E-state index in [0.717, 1.165) is 0 Å². The van der Waals surface area contributed by atoms with E-state index in [4.69, 9.17) is 16.3 Å². The molecule has 17 heavy (non-hydrogen) atoms. The number of ether oxygens (including phenoxy) is 1. The van der Waals surface area contributed by atoms with Gasteiger partial charge in [-0.2, -0.15) is 0 Å². The van der Waals surface area contributed by atoms with E-state index >= 15 is 0 Å². The van der Waals surface area contributed by atoms with Crippen LogP contribution in [0.1, 0.15) is 26.3 Å². The summed E-state index contributed by atoms with van der Waals surface area (Å²) in [5, 5.41) is 10.0. The van der Waals surface area contributed by atoms with Crippen LogP contribution in [0.15, 0.2) is 24.3 Å². The first-order valence-electron chi connectivity index (χ1n) is 5.17. The van der Waals surface area contributed by atoms with Gasteiger partial charge in [-0.15, -0.1) is 0 Å². The quantitative estimate of drug-likeness (QED) is 0.650. The molecule has 0 aliphatic carbocycles. The van der Waals surface area contributed by atoms with Gasteiger partial charge in [0.25, 0.3) is 0 Å². The molecule has 0 radical (unpaired) electrons. The third-order valence-electron chi connectivity index (χ3n) is 1.80. The third kappa shape index (κ3) is 4.91. The van der Waals surface area contributed by atoms with Crippen LogP contribution in [0.25, 0.3) is 6.08 Å². The van der Waals surface area contributed by atoms with Crippen LogP contribution in [0.5, 0.6) is 5.75 Å². The van der Waals surface area contributed by atoms with Gasteiger partial charge in [-0.1, -0.05) is 11.6 Å². The van der Waals surface area contributed by atoms with E-state index in [0.29, 0.717) is 10.6 Å². The van der Waals surface area contributed by atoms with Crippen molar-refractivity contribution in [2.75, 3.05) is 0 Å². The van der Waals surface area contributed by atoms with E-state index in [9.17, 15) is 9.90 Å². The molecular formula is C13H15ClO3. The maximum Gasteiger partial charge on any atom is 0.331 e. The lowest BCUT2D eigenvalue weighted by molar-refractivity contribution is -0.148. The number of hydrogen-bond acceptors (Lipinski definition) is 3. The normalized spacial score (nSPS) is 11.8. The van der Waals surface area contributed by atoms with E-state index in [2.05, 4.69) is 0 Å². The smallest absolute Gasteiger partial charge is 0.331 e. The molecule has 3 nitrogen and oxygen atoms in total. The highest BCUT2D eigenvalue weighted by molar-refractivity contribution is 6.30. The number of rotatable bonds is 2. The van der Waals surface area contributed by atoms with Crippen LogP contribution in [0, 0.1) is 0 Å². The Hall–Kier alpha value is -1.48. The predicted octanol–water partition coefficient (Wildman–Crippen LogP) is 3.40. The maximum atomic E-state index is 11.4. The van der Waals surface area contributed by atoms with Gasteiger partial charge in [-0.05, 0) is 45.0 Å². The van der Waals surface area contributed by atoms with E-state index in [1.165, 1.54) is 18.2 Å². The molecule has 0 saturated heterocycles. The Morgan fingerprint density at radius 1 is 1.41 bits per heavy atom. The molecule has 0 amide bonds. The first kappa shape index (κ1) is 13.6. The number of benzene rings is 1. The molecule has 0 saturated carbocycles. The molecule has 1 rings (SSSR count). The van der Waals surface area contributed by atoms with Crippen molar-refractivity contribution in [3.05, 3.63) is 34.9 Å². The molecule has 0 aliphatic rings. The molecule has 0 fully saturated rings. The number of esters is 1. The van der Waals surface area contributed by atoms with Crippen LogP contribution >= 0.6 is 11.6 Å². The zero-order valence-corrected chi connectivity index (χ0v) is 10.8. The third-order valence-corrected chi connectivity index (χ3v) is 2.03. The minimum atomic E-state index is -0.530. The summed E-state index contributed by atoms with van der Waals surface area (Å²) in [5.41, 5.74) is -0.0546. The van der Waals surface area contributed by atoms with Gasteiger partial charge in [0, 0.05) is 16.7 Å². The van der Waals surface area contributed by atoms with Gasteiger partial charge in [0.05, 0.1) is 0 Å². The Morgan fingerprint density at radius 3 is 2.65 bits per heavy atom. The predicted molar refractivity (Wildman–Crippen MR) is 68.0 cm³/mol. The molecule has 0 heterocycles. The summed E-state index contributed by atoms with van der Waals surface area (Å²) in [4.78, 5) is 11.4. The standard InChI is InChI=1S/C13H15ClO3/c1-13(2,3)17-12(16)7-4-9-8-10(14)5-6-11(9)15/h4-8,15H,1-3H3/b7-4+. The van der Waals surface area contributed by atoms with Crippen molar-refractivity contribution in [2.45, 2.75) is 26.4 Å². The fraction of sp³-hybridized carbons (Fsp3) is 0.308. The van der Waals surface area contributed by atoms with Crippen molar-refractivity contribution in [1.29, 1.82) is 0 Å². The van der Waals surface area contributed by atoms with Crippen LogP contribution in [-0.2, 0) is 9.53 Å². The second-order valence-corrected chi connectivity index (χ2v) is 5.01. The molecule has 92 valence electrons. The lowest BCUT2D eigenvalue weighted by atomic mass is 10.2. The Balaban J connectivity index is 2.77.